The number of sulfonamides is 1. The topological polar surface area (TPSA) is 59.0 Å². The lowest BCUT2D eigenvalue weighted by Crippen LogP contribution is -2.28. The fourth-order valence-electron chi connectivity index (χ4n) is 3.44. The van der Waals surface area contributed by atoms with E-state index in [1.165, 1.54) is 5.56 Å². The van der Waals surface area contributed by atoms with Crippen LogP contribution in [0.3, 0.4) is 0 Å². The summed E-state index contributed by atoms with van der Waals surface area (Å²) in [5.74, 6) is 1.21. The molecular weight excluding hydrogens is 336 g/mol. The SMILES string of the molecule is COc1ccc(C2=C(C)C(N3CCc4ccccc43)=NS2(=O)=O)cc1. The zero-order valence-corrected chi connectivity index (χ0v) is 14.9. The van der Waals surface area contributed by atoms with Gasteiger partial charge in [-0.05, 0) is 54.8 Å². The van der Waals surface area contributed by atoms with E-state index in [4.69, 9.17) is 4.74 Å². The van der Waals surface area contributed by atoms with Crippen molar-refractivity contribution in [1.29, 1.82) is 0 Å². The number of rotatable bonds is 2. The summed E-state index contributed by atoms with van der Waals surface area (Å²) in [6, 6.07) is 15.1. The number of methoxy groups -OCH3 is 1. The lowest BCUT2D eigenvalue weighted by molar-refractivity contribution is 0.415. The number of para-hydroxylation sites is 1. The average Bonchev–Trinajstić information content (AvgIpc) is 3.13. The first-order valence-corrected chi connectivity index (χ1v) is 9.51. The molecule has 0 spiro atoms. The molecule has 0 bridgehead atoms. The maximum absolute atomic E-state index is 12.7. The summed E-state index contributed by atoms with van der Waals surface area (Å²) in [7, 11) is -2.13. The molecule has 25 heavy (non-hydrogen) atoms. The van der Waals surface area contributed by atoms with Crippen molar-refractivity contribution in [2.24, 2.45) is 4.40 Å². The fraction of sp³-hybridized carbons (Fsp3) is 0.211. The van der Waals surface area contributed by atoms with Gasteiger partial charge in [0.25, 0.3) is 10.0 Å². The van der Waals surface area contributed by atoms with Gasteiger partial charge in [0.1, 0.15) is 10.7 Å². The Hall–Kier alpha value is -2.60. The molecule has 0 aliphatic carbocycles. The van der Waals surface area contributed by atoms with Crippen LogP contribution in [0.2, 0.25) is 0 Å². The molecular formula is C19H18N2O3S. The molecule has 0 amide bonds. The van der Waals surface area contributed by atoms with Crippen molar-refractivity contribution >= 4 is 26.5 Å². The van der Waals surface area contributed by atoms with Gasteiger partial charge in [-0.1, -0.05) is 18.2 Å². The van der Waals surface area contributed by atoms with Gasteiger partial charge in [0, 0.05) is 17.8 Å². The van der Waals surface area contributed by atoms with Crippen LogP contribution in [-0.2, 0) is 16.4 Å². The molecule has 2 aromatic carbocycles. The van der Waals surface area contributed by atoms with E-state index >= 15 is 0 Å². The van der Waals surface area contributed by atoms with Crippen LogP contribution in [0.25, 0.3) is 4.91 Å². The van der Waals surface area contributed by atoms with E-state index in [1.54, 1.807) is 31.4 Å². The molecule has 4 rings (SSSR count). The molecule has 0 radical (unpaired) electrons. The summed E-state index contributed by atoms with van der Waals surface area (Å²) in [5, 5.41) is 0. The van der Waals surface area contributed by atoms with Gasteiger partial charge in [-0.15, -0.1) is 4.40 Å². The maximum Gasteiger partial charge on any atom is 0.285 e. The summed E-state index contributed by atoms with van der Waals surface area (Å²) < 4.78 is 34.6. The van der Waals surface area contributed by atoms with E-state index < -0.39 is 10.0 Å². The van der Waals surface area contributed by atoms with Gasteiger partial charge in [-0.3, -0.25) is 0 Å². The second kappa shape index (κ2) is 5.74. The van der Waals surface area contributed by atoms with Crippen molar-refractivity contribution in [2.75, 3.05) is 18.6 Å². The van der Waals surface area contributed by atoms with Crippen LogP contribution in [0.15, 0.2) is 58.5 Å². The molecule has 0 N–H and O–H groups in total. The van der Waals surface area contributed by atoms with Gasteiger partial charge in [0.15, 0.2) is 5.84 Å². The molecule has 2 aliphatic rings. The minimum Gasteiger partial charge on any atom is -0.497 e. The molecule has 2 aromatic rings. The molecule has 128 valence electrons. The van der Waals surface area contributed by atoms with Gasteiger partial charge >= 0.3 is 0 Å². The highest BCUT2D eigenvalue weighted by molar-refractivity contribution is 8.00. The number of hydrogen-bond donors (Lipinski definition) is 0. The number of amidine groups is 1. The van der Waals surface area contributed by atoms with E-state index in [0.717, 1.165) is 18.7 Å². The van der Waals surface area contributed by atoms with Crippen LogP contribution in [0.5, 0.6) is 5.75 Å². The third kappa shape index (κ3) is 2.53. The third-order valence-electron chi connectivity index (χ3n) is 4.64. The normalized spacial score (nSPS) is 18.3. The minimum atomic E-state index is -3.71. The summed E-state index contributed by atoms with van der Waals surface area (Å²) >= 11 is 0. The number of ether oxygens (including phenoxy) is 1. The van der Waals surface area contributed by atoms with Crippen LogP contribution in [-0.4, -0.2) is 27.9 Å². The highest BCUT2D eigenvalue weighted by atomic mass is 32.2. The zero-order valence-electron chi connectivity index (χ0n) is 14.1. The van der Waals surface area contributed by atoms with Gasteiger partial charge in [0.05, 0.1) is 7.11 Å². The van der Waals surface area contributed by atoms with Crippen LogP contribution < -0.4 is 9.64 Å². The van der Waals surface area contributed by atoms with E-state index in [-0.39, 0.29) is 4.91 Å². The van der Waals surface area contributed by atoms with E-state index in [9.17, 15) is 8.42 Å². The number of nitrogens with zero attached hydrogens (tertiary/aromatic N) is 2. The van der Waals surface area contributed by atoms with Crippen LogP contribution in [0.1, 0.15) is 18.1 Å². The lowest BCUT2D eigenvalue weighted by Gasteiger charge is -2.19. The van der Waals surface area contributed by atoms with Crippen molar-refractivity contribution in [3.63, 3.8) is 0 Å². The lowest BCUT2D eigenvalue weighted by atomic mass is 10.1. The van der Waals surface area contributed by atoms with E-state index in [0.29, 0.717) is 22.7 Å². The second-order valence-corrected chi connectivity index (χ2v) is 7.64. The van der Waals surface area contributed by atoms with Gasteiger partial charge < -0.3 is 9.64 Å². The van der Waals surface area contributed by atoms with Crippen LogP contribution in [0, 0.1) is 0 Å². The number of fused-ring (bicyclic) bond motifs is 1. The Kier molecular flexibility index (Phi) is 3.65. The largest absolute Gasteiger partial charge is 0.497 e. The van der Waals surface area contributed by atoms with Crippen molar-refractivity contribution < 1.29 is 13.2 Å². The monoisotopic (exact) mass is 354 g/mol. The quantitative estimate of drug-likeness (QED) is 0.831. The molecule has 0 saturated heterocycles. The molecule has 0 fully saturated rings. The summed E-state index contributed by atoms with van der Waals surface area (Å²) in [4.78, 5) is 2.27. The number of anilines is 1. The third-order valence-corrected chi connectivity index (χ3v) is 6.11. The molecule has 2 aliphatic heterocycles. The maximum atomic E-state index is 12.7. The molecule has 6 heteroatoms. The molecule has 0 aromatic heterocycles. The Labute approximate surface area is 147 Å². The molecule has 5 nitrogen and oxygen atoms in total. The molecule has 0 saturated carbocycles. The van der Waals surface area contributed by atoms with Crippen LogP contribution >= 0.6 is 0 Å². The van der Waals surface area contributed by atoms with E-state index in [2.05, 4.69) is 10.5 Å². The number of hydrogen-bond acceptors (Lipinski definition) is 4. The Morgan fingerprint density at radius 1 is 1.08 bits per heavy atom. The van der Waals surface area contributed by atoms with Gasteiger partial charge in [-0.2, -0.15) is 8.42 Å². The summed E-state index contributed by atoms with van der Waals surface area (Å²) in [6.07, 6.45) is 0.889. The Balaban J connectivity index is 1.79. The smallest absolute Gasteiger partial charge is 0.285 e. The van der Waals surface area contributed by atoms with E-state index in [1.807, 2.05) is 30.0 Å². The van der Waals surface area contributed by atoms with Gasteiger partial charge in [-0.25, -0.2) is 0 Å². The van der Waals surface area contributed by atoms with Crippen LogP contribution in [0.4, 0.5) is 5.69 Å². The Morgan fingerprint density at radius 3 is 2.52 bits per heavy atom. The first-order valence-electron chi connectivity index (χ1n) is 8.07. The second-order valence-electron chi connectivity index (χ2n) is 6.10. The number of benzene rings is 2. The first kappa shape index (κ1) is 15.9. The Bertz CT molecular complexity index is 1010. The van der Waals surface area contributed by atoms with Crippen molar-refractivity contribution in [2.45, 2.75) is 13.3 Å². The Morgan fingerprint density at radius 2 is 1.80 bits per heavy atom. The molecule has 0 unspecified atom stereocenters. The van der Waals surface area contributed by atoms with Crippen molar-refractivity contribution in [1.82, 2.24) is 0 Å². The van der Waals surface area contributed by atoms with Crippen molar-refractivity contribution in [3.05, 3.63) is 65.2 Å². The minimum absolute atomic E-state index is 0.273. The highest BCUT2D eigenvalue weighted by Gasteiger charge is 2.35. The predicted octanol–water partition coefficient (Wildman–Crippen LogP) is 3.23. The standard InChI is InChI=1S/C19H18N2O3S/c1-13-18(15-7-9-16(24-2)10-8-15)25(22,23)20-19(13)21-12-11-14-5-3-4-6-17(14)21/h3-10H,11-12H2,1-2H3. The first-order chi connectivity index (χ1) is 12.0. The average molecular weight is 354 g/mol. The summed E-state index contributed by atoms with van der Waals surface area (Å²) in [5.41, 5.74) is 3.56. The highest BCUT2D eigenvalue weighted by Crippen LogP contribution is 2.37. The molecule has 0 atom stereocenters. The molecule has 2 heterocycles. The fourth-order valence-corrected chi connectivity index (χ4v) is 4.91. The van der Waals surface area contributed by atoms with Crippen molar-refractivity contribution in [3.8, 4) is 5.75 Å². The zero-order chi connectivity index (χ0) is 17.6. The van der Waals surface area contributed by atoms with Gasteiger partial charge in [0.2, 0.25) is 0 Å². The predicted molar refractivity (Wildman–Crippen MR) is 99.4 cm³/mol. The summed E-state index contributed by atoms with van der Waals surface area (Å²) in [6.45, 7) is 2.56.